The van der Waals surface area contributed by atoms with Gasteiger partial charge in [-0.2, -0.15) is 4.98 Å². The Morgan fingerprint density at radius 2 is 2.29 bits per heavy atom. The Morgan fingerprint density at radius 1 is 1.41 bits per heavy atom. The van der Waals surface area contributed by atoms with Gasteiger partial charge < -0.3 is 9.47 Å². The van der Waals surface area contributed by atoms with Crippen LogP contribution in [0.25, 0.3) is 10.4 Å². The summed E-state index contributed by atoms with van der Waals surface area (Å²) >= 11 is 7.36. The highest BCUT2D eigenvalue weighted by molar-refractivity contribution is 7.13. The molecule has 0 saturated carbocycles. The first-order chi connectivity index (χ1) is 8.31. The van der Waals surface area contributed by atoms with Crippen LogP contribution in [0.15, 0.2) is 23.7 Å². The van der Waals surface area contributed by atoms with Crippen molar-refractivity contribution in [3.05, 3.63) is 29.0 Å². The first-order valence-corrected chi connectivity index (χ1v) is 6.25. The van der Waals surface area contributed by atoms with Crippen LogP contribution in [0, 0.1) is 0 Å². The Bertz CT molecular complexity index is 476. The third-order valence-electron chi connectivity index (χ3n) is 2.04. The van der Waals surface area contributed by atoms with Gasteiger partial charge in [0.05, 0.1) is 12.2 Å². The average Bonchev–Trinajstić information content (AvgIpc) is 2.83. The summed E-state index contributed by atoms with van der Waals surface area (Å²) in [6.45, 7) is 0.938. The summed E-state index contributed by atoms with van der Waals surface area (Å²) in [4.78, 5) is 9.11. The van der Waals surface area contributed by atoms with Crippen molar-refractivity contribution >= 4 is 22.9 Å². The zero-order valence-corrected chi connectivity index (χ0v) is 10.8. The molecule has 0 aliphatic carbocycles. The molecule has 6 heteroatoms. The van der Waals surface area contributed by atoms with E-state index in [2.05, 4.69) is 9.97 Å². The Labute approximate surface area is 108 Å². The maximum Gasteiger partial charge on any atom is 0.226 e. The molecule has 2 rings (SSSR count). The van der Waals surface area contributed by atoms with Crippen LogP contribution in [0.1, 0.15) is 0 Å². The maximum absolute atomic E-state index is 5.76. The zero-order chi connectivity index (χ0) is 12.1. The Kier molecular flexibility index (Phi) is 4.30. The summed E-state index contributed by atoms with van der Waals surface area (Å²) in [5.74, 6) is 0.490. The molecule has 2 aromatic heterocycles. The maximum atomic E-state index is 5.76. The fourth-order valence-electron chi connectivity index (χ4n) is 1.28. The van der Waals surface area contributed by atoms with Crippen LogP contribution < -0.4 is 4.74 Å². The molecule has 0 atom stereocenters. The highest BCUT2D eigenvalue weighted by Crippen LogP contribution is 2.31. The van der Waals surface area contributed by atoms with Gasteiger partial charge in [-0.15, -0.1) is 11.3 Å². The molecule has 0 radical (unpaired) electrons. The third-order valence-corrected chi connectivity index (χ3v) is 3.12. The lowest BCUT2D eigenvalue weighted by Crippen LogP contribution is -2.06. The van der Waals surface area contributed by atoms with Gasteiger partial charge in [0.15, 0.2) is 0 Å². The number of rotatable bonds is 5. The van der Waals surface area contributed by atoms with E-state index in [4.69, 9.17) is 21.1 Å². The summed E-state index contributed by atoms with van der Waals surface area (Å²) < 4.78 is 10.5. The largest absolute Gasteiger partial charge is 0.475 e. The number of hydrogen-bond donors (Lipinski definition) is 0. The van der Waals surface area contributed by atoms with E-state index in [1.807, 2.05) is 17.5 Å². The van der Waals surface area contributed by atoms with Crippen molar-refractivity contribution in [3.8, 4) is 16.3 Å². The van der Waals surface area contributed by atoms with E-state index in [0.717, 1.165) is 10.4 Å². The number of methoxy groups -OCH3 is 1. The normalized spacial score (nSPS) is 10.5. The number of hydrogen-bond acceptors (Lipinski definition) is 5. The van der Waals surface area contributed by atoms with Gasteiger partial charge in [-0.25, -0.2) is 4.98 Å². The van der Waals surface area contributed by atoms with E-state index in [9.17, 15) is 0 Å². The second kappa shape index (κ2) is 5.95. The fraction of sp³-hybridized carbons (Fsp3) is 0.273. The van der Waals surface area contributed by atoms with Crippen molar-refractivity contribution < 1.29 is 9.47 Å². The minimum Gasteiger partial charge on any atom is -0.475 e. The molecule has 0 aromatic carbocycles. The third kappa shape index (κ3) is 3.15. The zero-order valence-electron chi connectivity index (χ0n) is 9.22. The van der Waals surface area contributed by atoms with E-state index >= 15 is 0 Å². The van der Waals surface area contributed by atoms with Crippen LogP contribution in [0.3, 0.4) is 0 Å². The lowest BCUT2D eigenvalue weighted by molar-refractivity contribution is 0.144. The molecule has 0 N–H and O–H groups in total. The van der Waals surface area contributed by atoms with Gasteiger partial charge in [0.25, 0.3) is 0 Å². The topological polar surface area (TPSA) is 44.2 Å². The molecule has 0 amide bonds. The van der Waals surface area contributed by atoms with Gasteiger partial charge in [-0.1, -0.05) is 6.07 Å². The molecule has 2 heterocycles. The van der Waals surface area contributed by atoms with Crippen molar-refractivity contribution in [2.75, 3.05) is 20.3 Å². The van der Waals surface area contributed by atoms with Crippen LogP contribution >= 0.6 is 22.9 Å². The summed E-state index contributed by atoms with van der Waals surface area (Å²) in [7, 11) is 1.62. The summed E-state index contributed by atoms with van der Waals surface area (Å²) in [5, 5.41) is 2.17. The molecular weight excluding hydrogens is 260 g/mol. The molecule has 4 nitrogen and oxygen atoms in total. The van der Waals surface area contributed by atoms with E-state index in [-0.39, 0.29) is 5.28 Å². The Balaban J connectivity index is 2.25. The van der Waals surface area contributed by atoms with E-state index in [0.29, 0.717) is 19.1 Å². The number of aromatic nitrogens is 2. The summed E-state index contributed by atoms with van der Waals surface area (Å²) in [6.07, 6.45) is 1.67. The van der Waals surface area contributed by atoms with Crippen molar-refractivity contribution in [2.45, 2.75) is 0 Å². The lowest BCUT2D eigenvalue weighted by Gasteiger charge is -2.08. The molecule has 17 heavy (non-hydrogen) atoms. The van der Waals surface area contributed by atoms with Crippen LogP contribution in [0.5, 0.6) is 5.88 Å². The van der Waals surface area contributed by atoms with E-state index in [1.54, 1.807) is 24.6 Å². The van der Waals surface area contributed by atoms with Crippen LogP contribution in [-0.2, 0) is 4.74 Å². The molecule has 0 aliphatic rings. The quantitative estimate of drug-likeness (QED) is 0.619. The molecule has 0 aliphatic heterocycles. The van der Waals surface area contributed by atoms with Crippen molar-refractivity contribution in [3.63, 3.8) is 0 Å². The number of ether oxygens (including phenoxy) is 2. The van der Waals surface area contributed by atoms with Gasteiger partial charge >= 0.3 is 0 Å². The van der Waals surface area contributed by atoms with Gasteiger partial charge in [-0.3, -0.25) is 0 Å². The highest BCUT2D eigenvalue weighted by Gasteiger charge is 2.10. The highest BCUT2D eigenvalue weighted by atomic mass is 35.5. The number of thiophene rings is 1. The van der Waals surface area contributed by atoms with Gasteiger partial charge in [0.2, 0.25) is 11.2 Å². The molecule has 0 spiro atoms. The van der Waals surface area contributed by atoms with Crippen molar-refractivity contribution in [1.82, 2.24) is 9.97 Å². The molecule has 0 saturated heterocycles. The summed E-state index contributed by atoms with van der Waals surface area (Å²) in [6, 6.07) is 3.95. The smallest absolute Gasteiger partial charge is 0.226 e. The predicted octanol–water partition coefficient (Wildman–Crippen LogP) is 2.88. The van der Waals surface area contributed by atoms with E-state index in [1.165, 1.54) is 0 Å². The van der Waals surface area contributed by atoms with Crippen LogP contribution in [-0.4, -0.2) is 30.3 Å². The first-order valence-electron chi connectivity index (χ1n) is 4.99. The lowest BCUT2D eigenvalue weighted by atomic mass is 10.3. The second-order valence-corrected chi connectivity index (χ2v) is 4.46. The standard InChI is InChI=1S/C11H11ClN2O2S/c1-15-4-5-16-10-8(7-13-11(12)14-10)9-3-2-6-17-9/h2-3,6-7H,4-5H2,1H3. The minimum absolute atomic E-state index is 0.178. The monoisotopic (exact) mass is 270 g/mol. The molecule has 2 aromatic rings. The van der Waals surface area contributed by atoms with Crippen LogP contribution in [0.2, 0.25) is 5.28 Å². The van der Waals surface area contributed by atoms with Crippen molar-refractivity contribution in [2.24, 2.45) is 0 Å². The molecule has 90 valence electrons. The Hall–Kier alpha value is -1.17. The second-order valence-electron chi connectivity index (χ2n) is 3.18. The minimum atomic E-state index is 0.178. The molecular formula is C11H11ClN2O2S. The summed E-state index contributed by atoms with van der Waals surface area (Å²) in [5.41, 5.74) is 0.848. The van der Waals surface area contributed by atoms with Gasteiger partial charge in [0.1, 0.15) is 6.61 Å². The number of nitrogens with zero attached hydrogens (tertiary/aromatic N) is 2. The first kappa shape index (κ1) is 12.3. The molecule has 0 bridgehead atoms. The van der Waals surface area contributed by atoms with E-state index < -0.39 is 0 Å². The average molecular weight is 271 g/mol. The Morgan fingerprint density at radius 3 is 3.00 bits per heavy atom. The molecule has 0 unspecified atom stereocenters. The van der Waals surface area contributed by atoms with Gasteiger partial charge in [0, 0.05) is 18.2 Å². The fourth-order valence-corrected chi connectivity index (χ4v) is 2.13. The predicted molar refractivity (Wildman–Crippen MR) is 67.7 cm³/mol. The van der Waals surface area contributed by atoms with Gasteiger partial charge in [-0.05, 0) is 23.0 Å². The van der Waals surface area contributed by atoms with Crippen LogP contribution in [0.4, 0.5) is 0 Å². The number of halogens is 1. The van der Waals surface area contributed by atoms with Crippen molar-refractivity contribution in [1.29, 1.82) is 0 Å². The SMILES string of the molecule is COCCOc1nc(Cl)ncc1-c1cccs1. The molecule has 0 fully saturated rings.